The second kappa shape index (κ2) is 6.01. The van der Waals surface area contributed by atoms with Gasteiger partial charge < -0.3 is 14.4 Å². The molecule has 118 valence electrons. The van der Waals surface area contributed by atoms with E-state index in [2.05, 4.69) is 0 Å². The number of carbonyl (C=O) groups is 1. The molecule has 0 bridgehead atoms. The van der Waals surface area contributed by atoms with Crippen LogP contribution in [0.4, 0.5) is 0 Å². The minimum absolute atomic E-state index is 0.0403. The van der Waals surface area contributed by atoms with Crippen LogP contribution >= 0.6 is 0 Å². The summed E-state index contributed by atoms with van der Waals surface area (Å²) in [6.45, 7) is 2.28. The van der Waals surface area contributed by atoms with Crippen LogP contribution in [0, 0.1) is 5.92 Å². The summed E-state index contributed by atoms with van der Waals surface area (Å²) >= 11 is 0. The van der Waals surface area contributed by atoms with Gasteiger partial charge in [0, 0.05) is 18.8 Å². The normalized spacial score (nSPS) is 31.1. The molecule has 4 rings (SSSR count). The summed E-state index contributed by atoms with van der Waals surface area (Å²) in [5.74, 6) is 0.847. The molecule has 3 atom stereocenters. The standard InChI is InChI=1S/C18H23NO3/c20-18(14-5-2-1-3-6-14)19-11-16(22-12-13-8-9-13)17-15(19)7-4-10-21-17/h1-3,5-6,13,15-17H,4,7-12H2/t15-,16+,17+/m1/s1. The smallest absolute Gasteiger partial charge is 0.254 e. The van der Waals surface area contributed by atoms with E-state index in [1.165, 1.54) is 12.8 Å². The highest BCUT2D eigenvalue weighted by molar-refractivity contribution is 5.94. The van der Waals surface area contributed by atoms with E-state index in [9.17, 15) is 4.79 Å². The molecule has 3 aliphatic rings. The number of fused-ring (bicyclic) bond motifs is 1. The number of carbonyl (C=O) groups excluding carboxylic acids is 1. The van der Waals surface area contributed by atoms with Crippen LogP contribution in [0.25, 0.3) is 0 Å². The SMILES string of the molecule is O=C(c1ccccc1)N1C[C@H](OCC2CC2)[C@H]2OCCC[C@H]21. The third-order valence-electron chi connectivity index (χ3n) is 5.00. The average molecular weight is 301 g/mol. The quantitative estimate of drug-likeness (QED) is 0.857. The first kappa shape index (κ1) is 14.2. The Balaban J connectivity index is 1.49. The van der Waals surface area contributed by atoms with Gasteiger partial charge in [-0.05, 0) is 43.7 Å². The fourth-order valence-corrected chi connectivity index (χ4v) is 3.58. The molecule has 2 saturated heterocycles. The maximum absolute atomic E-state index is 12.8. The second-order valence-corrected chi connectivity index (χ2v) is 6.68. The van der Waals surface area contributed by atoms with Crippen molar-refractivity contribution in [1.82, 2.24) is 4.90 Å². The number of benzene rings is 1. The third-order valence-corrected chi connectivity index (χ3v) is 5.00. The van der Waals surface area contributed by atoms with Crippen molar-refractivity contribution in [3.63, 3.8) is 0 Å². The lowest BCUT2D eigenvalue weighted by atomic mass is 10.0. The second-order valence-electron chi connectivity index (χ2n) is 6.68. The Kier molecular flexibility index (Phi) is 3.89. The van der Waals surface area contributed by atoms with Gasteiger partial charge in [-0.15, -0.1) is 0 Å². The van der Waals surface area contributed by atoms with Gasteiger partial charge in [-0.25, -0.2) is 0 Å². The molecular weight excluding hydrogens is 278 g/mol. The zero-order chi connectivity index (χ0) is 14.9. The summed E-state index contributed by atoms with van der Waals surface area (Å²) in [5, 5.41) is 0. The monoisotopic (exact) mass is 301 g/mol. The molecule has 1 amide bonds. The molecule has 2 heterocycles. The van der Waals surface area contributed by atoms with Crippen LogP contribution in [0.5, 0.6) is 0 Å². The molecule has 0 aromatic heterocycles. The minimum Gasteiger partial charge on any atom is -0.373 e. The van der Waals surface area contributed by atoms with Gasteiger partial charge in [-0.3, -0.25) is 4.79 Å². The number of ether oxygens (including phenoxy) is 2. The van der Waals surface area contributed by atoms with E-state index >= 15 is 0 Å². The van der Waals surface area contributed by atoms with Gasteiger partial charge >= 0.3 is 0 Å². The van der Waals surface area contributed by atoms with Crippen LogP contribution in [0.15, 0.2) is 30.3 Å². The van der Waals surface area contributed by atoms with Gasteiger partial charge in [-0.2, -0.15) is 0 Å². The molecule has 0 spiro atoms. The van der Waals surface area contributed by atoms with Crippen molar-refractivity contribution in [3.05, 3.63) is 35.9 Å². The van der Waals surface area contributed by atoms with E-state index in [0.717, 1.165) is 37.5 Å². The molecule has 4 nitrogen and oxygen atoms in total. The molecule has 1 aliphatic carbocycles. The summed E-state index contributed by atoms with van der Waals surface area (Å²) in [7, 11) is 0. The lowest BCUT2D eigenvalue weighted by Crippen LogP contribution is -2.43. The summed E-state index contributed by atoms with van der Waals surface area (Å²) < 4.78 is 12.1. The van der Waals surface area contributed by atoms with Crippen molar-refractivity contribution in [1.29, 1.82) is 0 Å². The molecule has 2 aliphatic heterocycles. The lowest BCUT2D eigenvalue weighted by molar-refractivity contribution is -0.0781. The van der Waals surface area contributed by atoms with Crippen molar-refractivity contribution in [2.75, 3.05) is 19.8 Å². The van der Waals surface area contributed by atoms with Crippen molar-refractivity contribution in [3.8, 4) is 0 Å². The van der Waals surface area contributed by atoms with Gasteiger partial charge in [0.2, 0.25) is 0 Å². The number of amides is 1. The molecule has 1 aromatic rings. The molecule has 3 fully saturated rings. The van der Waals surface area contributed by atoms with Gasteiger partial charge in [0.25, 0.3) is 5.91 Å². The van der Waals surface area contributed by atoms with Crippen molar-refractivity contribution < 1.29 is 14.3 Å². The summed E-state index contributed by atoms with van der Waals surface area (Å²) in [4.78, 5) is 14.8. The Morgan fingerprint density at radius 3 is 2.82 bits per heavy atom. The van der Waals surface area contributed by atoms with Crippen LogP contribution in [-0.4, -0.2) is 48.8 Å². The van der Waals surface area contributed by atoms with Gasteiger partial charge in [0.1, 0.15) is 12.2 Å². The summed E-state index contributed by atoms with van der Waals surface area (Å²) in [5.41, 5.74) is 0.759. The Hall–Kier alpha value is -1.39. The highest BCUT2D eigenvalue weighted by Gasteiger charge is 2.47. The number of likely N-dealkylation sites (tertiary alicyclic amines) is 1. The fourth-order valence-electron chi connectivity index (χ4n) is 3.58. The molecule has 1 aromatic carbocycles. The highest BCUT2D eigenvalue weighted by atomic mass is 16.5. The molecule has 4 heteroatoms. The van der Waals surface area contributed by atoms with Crippen LogP contribution in [0.3, 0.4) is 0 Å². The van der Waals surface area contributed by atoms with Crippen LogP contribution in [-0.2, 0) is 9.47 Å². The van der Waals surface area contributed by atoms with E-state index < -0.39 is 0 Å². The Morgan fingerprint density at radius 2 is 2.05 bits per heavy atom. The maximum Gasteiger partial charge on any atom is 0.254 e. The fraction of sp³-hybridized carbons (Fsp3) is 0.611. The van der Waals surface area contributed by atoms with E-state index in [1.807, 2.05) is 35.2 Å². The number of hydrogen-bond donors (Lipinski definition) is 0. The van der Waals surface area contributed by atoms with Gasteiger partial charge in [0.15, 0.2) is 0 Å². The zero-order valence-electron chi connectivity index (χ0n) is 12.8. The minimum atomic E-state index is 0.0403. The van der Waals surface area contributed by atoms with Gasteiger partial charge in [-0.1, -0.05) is 18.2 Å². The van der Waals surface area contributed by atoms with Crippen LogP contribution in [0.2, 0.25) is 0 Å². The molecular formula is C18H23NO3. The van der Waals surface area contributed by atoms with Crippen molar-refractivity contribution in [2.45, 2.75) is 43.9 Å². The van der Waals surface area contributed by atoms with Crippen LogP contribution < -0.4 is 0 Å². The Labute approximate surface area is 131 Å². The van der Waals surface area contributed by atoms with Crippen LogP contribution in [0.1, 0.15) is 36.0 Å². The first-order chi connectivity index (χ1) is 10.8. The van der Waals surface area contributed by atoms with E-state index in [0.29, 0.717) is 6.54 Å². The molecule has 0 unspecified atom stereocenters. The van der Waals surface area contributed by atoms with E-state index in [1.54, 1.807) is 0 Å². The molecule has 22 heavy (non-hydrogen) atoms. The number of nitrogens with zero attached hydrogens (tertiary/aromatic N) is 1. The molecule has 0 radical (unpaired) electrons. The predicted molar refractivity (Wildman–Crippen MR) is 82.7 cm³/mol. The van der Waals surface area contributed by atoms with Crippen molar-refractivity contribution >= 4 is 5.91 Å². The molecule has 0 N–H and O–H groups in total. The topological polar surface area (TPSA) is 38.8 Å². The Morgan fingerprint density at radius 1 is 1.23 bits per heavy atom. The molecule has 1 saturated carbocycles. The summed E-state index contributed by atoms with van der Waals surface area (Å²) in [6.07, 6.45) is 4.71. The predicted octanol–water partition coefficient (Wildman–Crippen LogP) is 2.49. The summed E-state index contributed by atoms with van der Waals surface area (Å²) in [6, 6.07) is 9.72. The first-order valence-corrected chi connectivity index (χ1v) is 8.42. The lowest BCUT2D eigenvalue weighted by Gasteiger charge is -2.32. The van der Waals surface area contributed by atoms with E-state index in [4.69, 9.17) is 9.47 Å². The zero-order valence-corrected chi connectivity index (χ0v) is 12.8. The van der Waals surface area contributed by atoms with Gasteiger partial charge in [0.05, 0.1) is 12.6 Å². The maximum atomic E-state index is 12.8. The number of rotatable bonds is 4. The van der Waals surface area contributed by atoms with E-state index in [-0.39, 0.29) is 24.2 Å². The Bertz CT molecular complexity index is 528. The number of hydrogen-bond acceptors (Lipinski definition) is 3. The average Bonchev–Trinajstić information content (AvgIpc) is 3.34. The third kappa shape index (κ3) is 2.77. The largest absolute Gasteiger partial charge is 0.373 e. The highest BCUT2D eigenvalue weighted by Crippen LogP contribution is 2.34. The first-order valence-electron chi connectivity index (χ1n) is 8.42. The van der Waals surface area contributed by atoms with Crippen molar-refractivity contribution in [2.24, 2.45) is 5.92 Å².